The van der Waals surface area contributed by atoms with Gasteiger partial charge < -0.3 is 4.90 Å². The number of nitriles is 1. The van der Waals surface area contributed by atoms with Crippen molar-refractivity contribution in [2.45, 2.75) is 46.1 Å². The van der Waals surface area contributed by atoms with Crippen LogP contribution in [0, 0.1) is 11.3 Å². The molecule has 0 saturated carbocycles. The molecule has 5 heteroatoms. The normalized spacial score (nSPS) is 10.4. The SMILES string of the molecule is CCCc1nc(Cl)cc(N(CCC#N)C(C)C)n1. The van der Waals surface area contributed by atoms with Gasteiger partial charge in [-0.15, -0.1) is 0 Å². The van der Waals surface area contributed by atoms with Crippen molar-refractivity contribution in [1.82, 2.24) is 9.97 Å². The van der Waals surface area contributed by atoms with Gasteiger partial charge in [-0.25, -0.2) is 9.97 Å². The zero-order chi connectivity index (χ0) is 13.5. The van der Waals surface area contributed by atoms with E-state index in [1.165, 1.54) is 0 Å². The molecule has 0 aliphatic heterocycles. The summed E-state index contributed by atoms with van der Waals surface area (Å²) in [6.07, 6.45) is 2.28. The molecule has 0 fully saturated rings. The van der Waals surface area contributed by atoms with Crippen LogP contribution in [0.4, 0.5) is 5.82 Å². The Morgan fingerprint density at radius 2 is 2.17 bits per heavy atom. The topological polar surface area (TPSA) is 52.8 Å². The standard InChI is InChI=1S/C13H19ClN4/c1-4-6-12-16-11(14)9-13(17-12)18(10(2)3)8-5-7-15/h9-10H,4-6,8H2,1-3H3. The third-order valence-electron chi connectivity index (χ3n) is 2.58. The summed E-state index contributed by atoms with van der Waals surface area (Å²) in [5, 5.41) is 9.17. The largest absolute Gasteiger partial charge is 0.353 e. The van der Waals surface area contributed by atoms with Crippen LogP contribution in [0.3, 0.4) is 0 Å². The summed E-state index contributed by atoms with van der Waals surface area (Å²) in [4.78, 5) is 10.8. The smallest absolute Gasteiger partial charge is 0.134 e. The highest BCUT2D eigenvalue weighted by molar-refractivity contribution is 6.29. The Labute approximate surface area is 114 Å². The van der Waals surface area contributed by atoms with E-state index in [4.69, 9.17) is 16.9 Å². The van der Waals surface area contributed by atoms with Crippen LogP contribution >= 0.6 is 11.6 Å². The zero-order valence-corrected chi connectivity index (χ0v) is 11.9. The van der Waals surface area contributed by atoms with Crippen LogP contribution in [0.5, 0.6) is 0 Å². The third-order valence-corrected chi connectivity index (χ3v) is 2.78. The molecule has 98 valence electrons. The molecule has 0 unspecified atom stereocenters. The fourth-order valence-corrected chi connectivity index (χ4v) is 1.94. The van der Waals surface area contributed by atoms with Gasteiger partial charge >= 0.3 is 0 Å². The van der Waals surface area contributed by atoms with Crippen LogP contribution in [0.15, 0.2) is 6.07 Å². The molecule has 0 radical (unpaired) electrons. The first-order chi connectivity index (χ1) is 8.58. The van der Waals surface area contributed by atoms with Gasteiger partial charge in [-0.1, -0.05) is 18.5 Å². The van der Waals surface area contributed by atoms with E-state index < -0.39 is 0 Å². The van der Waals surface area contributed by atoms with Crippen molar-refractivity contribution in [3.63, 3.8) is 0 Å². The fourth-order valence-electron chi connectivity index (χ4n) is 1.74. The van der Waals surface area contributed by atoms with Crippen molar-refractivity contribution in [3.05, 3.63) is 17.0 Å². The third kappa shape index (κ3) is 4.15. The molecule has 4 nitrogen and oxygen atoms in total. The molecule has 0 aliphatic rings. The summed E-state index contributed by atoms with van der Waals surface area (Å²) in [5.41, 5.74) is 0. The quantitative estimate of drug-likeness (QED) is 0.742. The van der Waals surface area contributed by atoms with E-state index in [0.29, 0.717) is 18.1 Å². The van der Waals surface area contributed by atoms with Crippen LogP contribution in [0.2, 0.25) is 5.15 Å². The van der Waals surface area contributed by atoms with Crippen LogP contribution in [0.1, 0.15) is 39.4 Å². The predicted molar refractivity (Wildman–Crippen MR) is 73.7 cm³/mol. The summed E-state index contributed by atoms with van der Waals surface area (Å²) in [5.74, 6) is 1.58. The average Bonchev–Trinajstić information content (AvgIpc) is 2.28. The number of anilines is 1. The van der Waals surface area contributed by atoms with Gasteiger partial charge in [0.05, 0.1) is 12.5 Å². The van der Waals surface area contributed by atoms with Gasteiger partial charge in [0, 0.05) is 25.1 Å². The first-order valence-electron chi connectivity index (χ1n) is 6.25. The fraction of sp³-hybridized carbons (Fsp3) is 0.615. The molecule has 0 saturated heterocycles. The maximum Gasteiger partial charge on any atom is 0.134 e. The van der Waals surface area contributed by atoms with Crippen molar-refractivity contribution >= 4 is 17.4 Å². The lowest BCUT2D eigenvalue weighted by Gasteiger charge is -2.27. The number of hydrogen-bond donors (Lipinski definition) is 0. The van der Waals surface area contributed by atoms with Gasteiger partial charge in [-0.2, -0.15) is 5.26 Å². The molecule has 0 amide bonds. The Morgan fingerprint density at radius 3 is 2.72 bits per heavy atom. The van der Waals surface area contributed by atoms with Crippen LogP contribution < -0.4 is 4.90 Å². The number of aromatic nitrogens is 2. The maximum atomic E-state index is 8.70. The predicted octanol–water partition coefficient (Wildman–Crippen LogP) is 3.21. The molecule has 0 spiro atoms. The highest BCUT2D eigenvalue weighted by Gasteiger charge is 2.13. The molecule has 0 bridgehead atoms. The molecule has 1 aromatic rings. The molecule has 1 heterocycles. The lowest BCUT2D eigenvalue weighted by molar-refractivity contribution is 0.670. The molecule has 0 aromatic carbocycles. The number of halogens is 1. The zero-order valence-electron chi connectivity index (χ0n) is 11.1. The summed E-state index contributed by atoms with van der Waals surface area (Å²) in [7, 11) is 0. The highest BCUT2D eigenvalue weighted by Crippen LogP contribution is 2.19. The molecule has 1 aromatic heterocycles. The van der Waals surface area contributed by atoms with E-state index >= 15 is 0 Å². The maximum absolute atomic E-state index is 8.70. The van der Waals surface area contributed by atoms with Gasteiger partial charge in [0.15, 0.2) is 0 Å². The second-order valence-corrected chi connectivity index (χ2v) is 4.80. The lowest BCUT2D eigenvalue weighted by atomic mass is 10.2. The minimum absolute atomic E-state index is 0.277. The van der Waals surface area contributed by atoms with E-state index in [9.17, 15) is 0 Å². The van der Waals surface area contributed by atoms with E-state index in [-0.39, 0.29) is 6.04 Å². The van der Waals surface area contributed by atoms with Crippen molar-refractivity contribution < 1.29 is 0 Å². The molecule has 0 aliphatic carbocycles. The summed E-state index contributed by atoms with van der Waals surface area (Å²) >= 11 is 6.03. The van der Waals surface area contributed by atoms with Crippen molar-refractivity contribution in [2.75, 3.05) is 11.4 Å². The number of nitrogens with zero attached hydrogens (tertiary/aromatic N) is 4. The van der Waals surface area contributed by atoms with Crippen LogP contribution in [0.25, 0.3) is 0 Å². The Morgan fingerprint density at radius 1 is 1.44 bits per heavy atom. The Hall–Kier alpha value is -1.34. The average molecular weight is 267 g/mol. The Balaban J connectivity index is 3.00. The van der Waals surface area contributed by atoms with E-state index in [1.807, 2.05) is 0 Å². The van der Waals surface area contributed by atoms with Gasteiger partial charge in [-0.3, -0.25) is 0 Å². The molecular weight excluding hydrogens is 248 g/mol. The second-order valence-electron chi connectivity index (χ2n) is 4.41. The molecule has 0 N–H and O–H groups in total. The van der Waals surface area contributed by atoms with Gasteiger partial charge in [0.1, 0.15) is 16.8 Å². The monoisotopic (exact) mass is 266 g/mol. The Kier molecular flexibility index (Phi) is 5.87. The van der Waals surface area contributed by atoms with E-state index in [2.05, 4.69) is 41.7 Å². The number of hydrogen-bond acceptors (Lipinski definition) is 4. The van der Waals surface area contributed by atoms with Crippen molar-refractivity contribution in [2.24, 2.45) is 0 Å². The highest BCUT2D eigenvalue weighted by atomic mass is 35.5. The van der Waals surface area contributed by atoms with Gasteiger partial charge in [0.2, 0.25) is 0 Å². The number of aryl methyl sites for hydroxylation is 1. The van der Waals surface area contributed by atoms with Gasteiger partial charge in [-0.05, 0) is 20.3 Å². The molecular formula is C13H19ClN4. The minimum Gasteiger partial charge on any atom is -0.353 e. The summed E-state index contributed by atoms with van der Waals surface area (Å²) < 4.78 is 0. The summed E-state index contributed by atoms with van der Waals surface area (Å²) in [6, 6.07) is 4.20. The van der Waals surface area contributed by atoms with Crippen LogP contribution in [-0.2, 0) is 6.42 Å². The molecule has 1 rings (SSSR count). The van der Waals surface area contributed by atoms with Crippen molar-refractivity contribution in [1.29, 1.82) is 5.26 Å². The van der Waals surface area contributed by atoms with Gasteiger partial charge in [0.25, 0.3) is 0 Å². The van der Waals surface area contributed by atoms with E-state index in [0.717, 1.165) is 24.5 Å². The first kappa shape index (κ1) is 14.7. The van der Waals surface area contributed by atoms with Crippen molar-refractivity contribution in [3.8, 4) is 6.07 Å². The summed E-state index contributed by atoms with van der Waals surface area (Å²) in [6.45, 7) is 6.90. The Bertz CT molecular complexity index is 425. The molecule has 18 heavy (non-hydrogen) atoms. The van der Waals surface area contributed by atoms with Crippen LogP contribution in [-0.4, -0.2) is 22.6 Å². The second kappa shape index (κ2) is 7.17. The lowest BCUT2D eigenvalue weighted by Crippen LogP contribution is -2.32. The first-order valence-corrected chi connectivity index (χ1v) is 6.63. The minimum atomic E-state index is 0.277. The van der Waals surface area contributed by atoms with E-state index in [1.54, 1.807) is 6.07 Å². The number of rotatable bonds is 6. The molecule has 0 atom stereocenters.